The molecule has 0 amide bonds. The van der Waals surface area contributed by atoms with Crippen LogP contribution < -0.4 is 0 Å². The molecule has 2 fully saturated rings. The number of hydrogen-bond donors (Lipinski definition) is 0. The van der Waals surface area contributed by atoms with Gasteiger partial charge in [0, 0.05) is 0 Å². The van der Waals surface area contributed by atoms with Crippen LogP contribution >= 0.6 is 0 Å². The first-order valence-corrected chi connectivity index (χ1v) is 9.07. The van der Waals surface area contributed by atoms with Gasteiger partial charge in [-0.25, -0.2) is 13.2 Å². The van der Waals surface area contributed by atoms with Gasteiger partial charge in [-0.1, -0.05) is 32.1 Å². The second-order valence-corrected chi connectivity index (χ2v) is 7.32. The maximum absolute atomic E-state index is 14.2. The summed E-state index contributed by atoms with van der Waals surface area (Å²) < 4.78 is 72.6. The minimum absolute atomic E-state index is 0.298. The van der Waals surface area contributed by atoms with E-state index in [4.69, 9.17) is 4.74 Å². The van der Waals surface area contributed by atoms with Crippen molar-refractivity contribution in [2.45, 2.75) is 70.0 Å². The molecule has 25 heavy (non-hydrogen) atoms. The third kappa shape index (κ3) is 4.33. The molecule has 0 spiro atoms. The standard InChI is InChI=1S/C19H23F5O/c20-16-10-14(11-17(21)18(16)22)19(23,24)25-15-8-6-13(7-9-15)12-4-2-1-3-5-12/h10-13,15H,1-9H2. The van der Waals surface area contributed by atoms with E-state index in [1.807, 2.05) is 0 Å². The molecule has 0 saturated heterocycles. The number of alkyl halides is 2. The van der Waals surface area contributed by atoms with Crippen LogP contribution in [0.5, 0.6) is 0 Å². The average molecular weight is 362 g/mol. The predicted octanol–water partition coefficient (Wildman–Crippen LogP) is 6.31. The van der Waals surface area contributed by atoms with E-state index in [2.05, 4.69) is 0 Å². The van der Waals surface area contributed by atoms with Gasteiger partial charge in [0.1, 0.15) is 0 Å². The third-order valence-corrected chi connectivity index (χ3v) is 5.67. The van der Waals surface area contributed by atoms with Gasteiger partial charge in [-0.15, -0.1) is 0 Å². The van der Waals surface area contributed by atoms with Crippen molar-refractivity contribution < 1.29 is 26.7 Å². The Morgan fingerprint density at radius 2 is 1.28 bits per heavy atom. The Hall–Kier alpha value is -1.17. The number of benzene rings is 1. The van der Waals surface area contributed by atoms with Crippen LogP contribution in [0.4, 0.5) is 22.0 Å². The van der Waals surface area contributed by atoms with Crippen molar-refractivity contribution in [3.8, 4) is 0 Å². The van der Waals surface area contributed by atoms with Gasteiger partial charge in [-0.2, -0.15) is 8.78 Å². The van der Waals surface area contributed by atoms with Crippen LogP contribution in [-0.2, 0) is 10.8 Å². The van der Waals surface area contributed by atoms with Crippen molar-refractivity contribution in [3.63, 3.8) is 0 Å². The molecule has 1 aromatic rings. The maximum Gasteiger partial charge on any atom is 0.383 e. The monoisotopic (exact) mass is 362 g/mol. The topological polar surface area (TPSA) is 9.23 Å². The van der Waals surface area contributed by atoms with Crippen molar-refractivity contribution in [3.05, 3.63) is 35.1 Å². The van der Waals surface area contributed by atoms with Gasteiger partial charge >= 0.3 is 6.11 Å². The van der Waals surface area contributed by atoms with Crippen LogP contribution in [0.1, 0.15) is 63.4 Å². The Bertz CT molecular complexity index is 566. The van der Waals surface area contributed by atoms with Crippen LogP contribution in [0.2, 0.25) is 0 Å². The summed E-state index contributed by atoms with van der Waals surface area (Å²) in [6, 6.07) is 0.595. The van der Waals surface area contributed by atoms with E-state index in [0.717, 1.165) is 12.8 Å². The molecular weight excluding hydrogens is 339 g/mol. The van der Waals surface area contributed by atoms with E-state index in [1.54, 1.807) is 0 Å². The SMILES string of the molecule is Fc1cc(C(F)(F)OC2CCC(C3CCCCC3)CC2)cc(F)c1F. The van der Waals surface area contributed by atoms with Gasteiger partial charge in [0.2, 0.25) is 0 Å². The summed E-state index contributed by atoms with van der Waals surface area (Å²) in [6.07, 6.45) is 4.47. The molecule has 0 radical (unpaired) electrons. The number of ether oxygens (including phenoxy) is 1. The Labute approximate surface area is 144 Å². The first-order chi connectivity index (χ1) is 11.9. The molecule has 140 valence electrons. The maximum atomic E-state index is 14.2. The van der Waals surface area contributed by atoms with Gasteiger partial charge in [-0.05, 0) is 49.7 Å². The highest BCUT2D eigenvalue weighted by Crippen LogP contribution is 2.41. The Morgan fingerprint density at radius 3 is 1.84 bits per heavy atom. The molecule has 0 aliphatic heterocycles. The Balaban J connectivity index is 1.59. The van der Waals surface area contributed by atoms with Gasteiger partial charge < -0.3 is 4.74 Å². The molecule has 0 bridgehead atoms. The molecule has 2 aliphatic carbocycles. The smallest absolute Gasteiger partial charge is 0.313 e. The lowest BCUT2D eigenvalue weighted by atomic mass is 9.73. The van der Waals surface area contributed by atoms with Crippen LogP contribution in [-0.4, -0.2) is 6.10 Å². The number of rotatable bonds is 4. The van der Waals surface area contributed by atoms with Gasteiger partial charge in [0.05, 0.1) is 11.7 Å². The fraction of sp³-hybridized carbons (Fsp3) is 0.684. The lowest BCUT2D eigenvalue weighted by Gasteiger charge is -2.36. The zero-order valence-electron chi connectivity index (χ0n) is 14.0. The summed E-state index contributed by atoms with van der Waals surface area (Å²) in [5, 5.41) is 0. The lowest BCUT2D eigenvalue weighted by Crippen LogP contribution is -2.32. The Morgan fingerprint density at radius 1 is 0.760 bits per heavy atom. The molecule has 0 atom stereocenters. The van der Waals surface area contributed by atoms with E-state index in [-0.39, 0.29) is 0 Å². The summed E-state index contributed by atoms with van der Waals surface area (Å²) >= 11 is 0. The molecule has 3 rings (SSSR count). The van der Waals surface area contributed by atoms with Crippen LogP contribution in [0.15, 0.2) is 12.1 Å². The van der Waals surface area contributed by atoms with Crippen LogP contribution in [0.25, 0.3) is 0 Å². The van der Waals surface area contributed by atoms with Gasteiger partial charge in [0.15, 0.2) is 17.5 Å². The van der Waals surface area contributed by atoms with Crippen molar-refractivity contribution in [1.82, 2.24) is 0 Å². The summed E-state index contributed by atoms with van der Waals surface area (Å²) in [7, 11) is 0. The molecule has 1 nitrogen and oxygen atoms in total. The molecule has 0 heterocycles. The largest absolute Gasteiger partial charge is 0.383 e. The predicted molar refractivity (Wildman–Crippen MR) is 83.6 cm³/mol. The highest BCUT2D eigenvalue weighted by Gasteiger charge is 2.39. The second kappa shape index (κ2) is 7.60. The lowest BCUT2D eigenvalue weighted by molar-refractivity contribution is -0.278. The Kier molecular flexibility index (Phi) is 5.66. The molecule has 0 N–H and O–H groups in total. The van der Waals surface area contributed by atoms with E-state index >= 15 is 0 Å². The molecule has 1 aromatic carbocycles. The fourth-order valence-corrected chi connectivity index (χ4v) is 4.28. The molecular formula is C19H23F5O. The zero-order valence-corrected chi connectivity index (χ0v) is 14.0. The van der Waals surface area contributed by atoms with Crippen LogP contribution in [0.3, 0.4) is 0 Å². The van der Waals surface area contributed by atoms with Crippen LogP contribution in [0, 0.1) is 29.3 Å². The van der Waals surface area contributed by atoms with Crippen molar-refractivity contribution >= 4 is 0 Å². The van der Waals surface area contributed by atoms with Crippen molar-refractivity contribution in [2.75, 3.05) is 0 Å². The first-order valence-electron chi connectivity index (χ1n) is 9.07. The molecule has 0 unspecified atom stereocenters. The highest BCUT2D eigenvalue weighted by atomic mass is 19.3. The summed E-state index contributed by atoms with van der Waals surface area (Å²) in [5.74, 6) is -3.78. The average Bonchev–Trinajstić information content (AvgIpc) is 2.60. The van der Waals surface area contributed by atoms with Gasteiger partial charge in [0.25, 0.3) is 0 Å². The van der Waals surface area contributed by atoms with Gasteiger partial charge in [-0.3, -0.25) is 0 Å². The zero-order chi connectivity index (χ0) is 18.0. The minimum atomic E-state index is -3.84. The fourth-order valence-electron chi connectivity index (χ4n) is 4.28. The molecule has 6 heteroatoms. The second-order valence-electron chi connectivity index (χ2n) is 7.32. The van der Waals surface area contributed by atoms with E-state index in [0.29, 0.717) is 36.8 Å². The summed E-state index contributed by atoms with van der Waals surface area (Å²) in [5.41, 5.74) is -0.988. The van der Waals surface area contributed by atoms with Crippen molar-refractivity contribution in [2.24, 2.45) is 11.8 Å². The van der Waals surface area contributed by atoms with E-state index < -0.39 is 35.2 Å². The minimum Gasteiger partial charge on any atom is -0.313 e. The molecule has 2 aliphatic rings. The molecule has 0 aromatic heterocycles. The summed E-state index contributed by atoms with van der Waals surface area (Å²) in [4.78, 5) is 0. The normalized spacial score (nSPS) is 26.0. The third-order valence-electron chi connectivity index (χ3n) is 5.67. The quantitative estimate of drug-likeness (QED) is 0.450. The van der Waals surface area contributed by atoms with E-state index in [9.17, 15) is 22.0 Å². The molecule has 2 saturated carbocycles. The summed E-state index contributed by atoms with van der Waals surface area (Å²) in [6.45, 7) is 0. The van der Waals surface area contributed by atoms with E-state index in [1.165, 1.54) is 32.1 Å². The number of hydrogen-bond acceptors (Lipinski definition) is 1. The number of halogens is 5. The first kappa shape index (κ1) is 18.6. The van der Waals surface area contributed by atoms with Crippen molar-refractivity contribution in [1.29, 1.82) is 0 Å². The highest BCUT2D eigenvalue weighted by molar-refractivity contribution is 5.22.